The molecular formula is C19H23FN4O4. The molecule has 1 saturated heterocycles. The summed E-state index contributed by atoms with van der Waals surface area (Å²) in [6, 6.07) is 5.80. The highest BCUT2D eigenvalue weighted by molar-refractivity contribution is 5.95. The first-order valence-corrected chi connectivity index (χ1v) is 9.22. The average molecular weight is 390 g/mol. The number of hydrogen-bond donors (Lipinski definition) is 0. The van der Waals surface area contributed by atoms with E-state index in [1.807, 2.05) is 6.92 Å². The van der Waals surface area contributed by atoms with Gasteiger partial charge in [0.05, 0.1) is 25.1 Å². The first kappa shape index (κ1) is 19.7. The largest absolute Gasteiger partial charge is 0.490 e. The van der Waals surface area contributed by atoms with Crippen LogP contribution in [0.25, 0.3) is 5.69 Å². The summed E-state index contributed by atoms with van der Waals surface area (Å²) in [5, 5.41) is 4.36. The molecule has 9 heteroatoms. The summed E-state index contributed by atoms with van der Waals surface area (Å²) in [6.07, 6.45) is 1.24. The molecule has 2 heterocycles. The second-order valence-corrected chi connectivity index (χ2v) is 6.17. The lowest BCUT2D eigenvalue weighted by molar-refractivity contribution is 0.0562. The number of benzene rings is 1. The van der Waals surface area contributed by atoms with E-state index in [0.717, 1.165) is 0 Å². The molecule has 0 radical (unpaired) electrons. The van der Waals surface area contributed by atoms with Gasteiger partial charge in [-0.15, -0.1) is 0 Å². The van der Waals surface area contributed by atoms with Gasteiger partial charge in [0.2, 0.25) is 0 Å². The second kappa shape index (κ2) is 8.73. The molecule has 2 aromatic rings. The molecule has 1 fully saturated rings. The molecule has 0 saturated carbocycles. The minimum atomic E-state index is -0.370. The van der Waals surface area contributed by atoms with Crippen LogP contribution in [0, 0.1) is 5.82 Å². The van der Waals surface area contributed by atoms with Crippen molar-refractivity contribution in [1.82, 2.24) is 19.6 Å². The minimum absolute atomic E-state index is 0.191. The summed E-state index contributed by atoms with van der Waals surface area (Å²) in [4.78, 5) is 28.0. The third-order valence-electron chi connectivity index (χ3n) is 4.37. The van der Waals surface area contributed by atoms with E-state index in [0.29, 0.717) is 50.8 Å². The molecule has 1 aromatic heterocycles. The zero-order chi connectivity index (χ0) is 20.1. The number of amides is 2. The highest BCUT2D eigenvalue weighted by atomic mass is 19.1. The van der Waals surface area contributed by atoms with Crippen molar-refractivity contribution in [2.45, 2.75) is 13.8 Å². The Morgan fingerprint density at radius 2 is 1.68 bits per heavy atom. The molecule has 28 heavy (non-hydrogen) atoms. The molecule has 150 valence electrons. The minimum Gasteiger partial charge on any atom is -0.490 e. The predicted molar refractivity (Wildman–Crippen MR) is 99.2 cm³/mol. The Bertz CT molecular complexity index is 829. The lowest BCUT2D eigenvalue weighted by Crippen LogP contribution is -2.50. The normalized spacial score (nSPS) is 14.1. The van der Waals surface area contributed by atoms with E-state index in [-0.39, 0.29) is 23.5 Å². The van der Waals surface area contributed by atoms with Crippen LogP contribution in [0.4, 0.5) is 9.18 Å². The van der Waals surface area contributed by atoms with Crippen molar-refractivity contribution < 1.29 is 23.5 Å². The fourth-order valence-corrected chi connectivity index (χ4v) is 2.95. The zero-order valence-corrected chi connectivity index (χ0v) is 15.9. The van der Waals surface area contributed by atoms with Gasteiger partial charge < -0.3 is 19.3 Å². The lowest BCUT2D eigenvalue weighted by atomic mass is 10.2. The summed E-state index contributed by atoms with van der Waals surface area (Å²) in [6.45, 7) is 5.83. The van der Waals surface area contributed by atoms with Crippen molar-refractivity contribution in [1.29, 1.82) is 0 Å². The molecule has 1 aromatic carbocycles. The smallest absolute Gasteiger partial charge is 0.409 e. The van der Waals surface area contributed by atoms with Crippen molar-refractivity contribution in [3.63, 3.8) is 0 Å². The quantitative estimate of drug-likeness (QED) is 0.783. The number of hydrogen-bond acceptors (Lipinski definition) is 5. The van der Waals surface area contributed by atoms with Gasteiger partial charge >= 0.3 is 6.09 Å². The zero-order valence-electron chi connectivity index (χ0n) is 15.9. The lowest BCUT2D eigenvalue weighted by Gasteiger charge is -2.33. The highest BCUT2D eigenvalue weighted by Gasteiger charge is 2.29. The molecule has 0 unspecified atom stereocenters. The Labute approximate surface area is 162 Å². The monoisotopic (exact) mass is 390 g/mol. The SMILES string of the molecule is CCOC(=O)N1CCN(C(=O)c2nn(-c3ccc(F)cc3)cc2OCC)CC1. The van der Waals surface area contributed by atoms with E-state index < -0.39 is 0 Å². The molecule has 0 N–H and O–H groups in total. The maximum absolute atomic E-state index is 13.2. The Morgan fingerprint density at radius 3 is 2.29 bits per heavy atom. The van der Waals surface area contributed by atoms with Gasteiger partial charge in [0.1, 0.15) is 5.82 Å². The summed E-state index contributed by atoms with van der Waals surface area (Å²) in [5.41, 5.74) is 0.810. The van der Waals surface area contributed by atoms with Crippen molar-refractivity contribution in [2.75, 3.05) is 39.4 Å². The molecular weight excluding hydrogens is 367 g/mol. The third-order valence-corrected chi connectivity index (χ3v) is 4.37. The van der Waals surface area contributed by atoms with E-state index in [1.165, 1.54) is 16.8 Å². The van der Waals surface area contributed by atoms with Crippen LogP contribution >= 0.6 is 0 Å². The molecule has 0 atom stereocenters. The standard InChI is InChI=1S/C19H23FN4O4/c1-3-27-16-13-24(15-7-5-14(20)6-8-15)21-17(16)18(25)22-9-11-23(12-10-22)19(26)28-4-2/h5-8,13H,3-4,9-12H2,1-2H3. The van der Waals surface area contributed by atoms with Gasteiger partial charge in [0.15, 0.2) is 11.4 Å². The summed E-state index contributed by atoms with van der Waals surface area (Å²) < 4.78 is 25.2. The average Bonchev–Trinajstić information content (AvgIpc) is 3.12. The van der Waals surface area contributed by atoms with Gasteiger partial charge in [0, 0.05) is 26.2 Å². The van der Waals surface area contributed by atoms with Crippen LogP contribution in [0.1, 0.15) is 24.3 Å². The van der Waals surface area contributed by atoms with Crippen molar-refractivity contribution in [3.05, 3.63) is 42.0 Å². The van der Waals surface area contributed by atoms with Crippen LogP contribution in [0.15, 0.2) is 30.5 Å². The number of rotatable bonds is 5. The van der Waals surface area contributed by atoms with Crippen LogP contribution < -0.4 is 4.74 Å². The van der Waals surface area contributed by atoms with Gasteiger partial charge in [-0.1, -0.05) is 0 Å². The molecule has 0 bridgehead atoms. The van der Waals surface area contributed by atoms with Crippen molar-refractivity contribution >= 4 is 12.0 Å². The number of ether oxygens (including phenoxy) is 2. The van der Waals surface area contributed by atoms with Gasteiger partial charge in [-0.3, -0.25) is 4.79 Å². The molecule has 1 aliphatic rings. The summed E-state index contributed by atoms with van der Waals surface area (Å²) in [7, 11) is 0. The van der Waals surface area contributed by atoms with Crippen LogP contribution in [0.2, 0.25) is 0 Å². The number of nitrogens with zero attached hydrogens (tertiary/aromatic N) is 4. The Morgan fingerprint density at radius 1 is 1.04 bits per heavy atom. The van der Waals surface area contributed by atoms with Crippen LogP contribution in [0.3, 0.4) is 0 Å². The molecule has 0 aliphatic carbocycles. The number of carbonyl (C=O) groups is 2. The fraction of sp³-hybridized carbons (Fsp3) is 0.421. The summed E-state index contributed by atoms with van der Waals surface area (Å²) >= 11 is 0. The van der Waals surface area contributed by atoms with Gasteiger partial charge in [0.25, 0.3) is 5.91 Å². The van der Waals surface area contributed by atoms with Gasteiger partial charge in [-0.2, -0.15) is 5.10 Å². The number of piperazine rings is 1. The second-order valence-electron chi connectivity index (χ2n) is 6.17. The molecule has 1 aliphatic heterocycles. The molecule has 3 rings (SSSR count). The molecule has 8 nitrogen and oxygen atoms in total. The van der Waals surface area contributed by atoms with E-state index >= 15 is 0 Å². The van der Waals surface area contributed by atoms with E-state index in [9.17, 15) is 14.0 Å². The number of aromatic nitrogens is 2. The molecule has 2 amide bonds. The van der Waals surface area contributed by atoms with Crippen molar-refractivity contribution in [2.24, 2.45) is 0 Å². The maximum Gasteiger partial charge on any atom is 0.409 e. The predicted octanol–water partition coefficient (Wildman–Crippen LogP) is 2.32. The Kier molecular flexibility index (Phi) is 6.13. The molecule has 0 spiro atoms. The topological polar surface area (TPSA) is 76.9 Å². The maximum atomic E-state index is 13.2. The number of carbonyl (C=O) groups excluding carboxylic acids is 2. The van der Waals surface area contributed by atoms with Crippen LogP contribution in [0.5, 0.6) is 5.75 Å². The van der Waals surface area contributed by atoms with E-state index in [1.54, 1.807) is 35.1 Å². The number of halogens is 1. The summed E-state index contributed by atoms with van der Waals surface area (Å²) in [5.74, 6) is -0.255. The van der Waals surface area contributed by atoms with Crippen LogP contribution in [-0.2, 0) is 4.74 Å². The third kappa shape index (κ3) is 4.24. The Hall–Kier alpha value is -3.10. The van der Waals surface area contributed by atoms with Crippen LogP contribution in [-0.4, -0.2) is 71.0 Å². The van der Waals surface area contributed by atoms with E-state index in [2.05, 4.69) is 5.10 Å². The first-order chi connectivity index (χ1) is 13.5. The fourth-order valence-electron chi connectivity index (χ4n) is 2.95. The first-order valence-electron chi connectivity index (χ1n) is 9.22. The van der Waals surface area contributed by atoms with Crippen molar-refractivity contribution in [3.8, 4) is 11.4 Å². The Balaban J connectivity index is 1.76. The van der Waals surface area contributed by atoms with Gasteiger partial charge in [-0.25, -0.2) is 13.9 Å². The van der Waals surface area contributed by atoms with E-state index in [4.69, 9.17) is 9.47 Å². The van der Waals surface area contributed by atoms with Gasteiger partial charge in [-0.05, 0) is 38.1 Å². The highest BCUT2D eigenvalue weighted by Crippen LogP contribution is 2.22.